The first-order chi connectivity index (χ1) is 6.59. The molecule has 1 aromatic carbocycles. The molecule has 1 aliphatic heterocycles. The molecule has 4 nitrogen and oxygen atoms in total. The fourth-order valence-corrected chi connectivity index (χ4v) is 2.40. The van der Waals surface area contributed by atoms with Gasteiger partial charge in [0.05, 0.1) is 18.5 Å². The largest absolute Gasteiger partial charge is 0.489 e. The first-order valence-corrected chi connectivity index (χ1v) is 6.13. The SMILES string of the molecule is CS(=O)(=O)N1CCOc2ccccc21. The quantitative estimate of drug-likeness (QED) is 0.694. The van der Waals surface area contributed by atoms with Crippen LogP contribution in [0.1, 0.15) is 0 Å². The van der Waals surface area contributed by atoms with Gasteiger partial charge in [-0.3, -0.25) is 4.31 Å². The number of hydrogen-bond donors (Lipinski definition) is 0. The van der Waals surface area contributed by atoms with Crippen molar-refractivity contribution in [1.29, 1.82) is 0 Å². The van der Waals surface area contributed by atoms with Gasteiger partial charge < -0.3 is 4.74 Å². The van der Waals surface area contributed by atoms with E-state index >= 15 is 0 Å². The third-order valence-corrected chi connectivity index (χ3v) is 3.27. The Kier molecular flexibility index (Phi) is 2.11. The van der Waals surface area contributed by atoms with Crippen molar-refractivity contribution in [2.24, 2.45) is 0 Å². The Morgan fingerprint density at radius 1 is 1.36 bits per heavy atom. The molecule has 14 heavy (non-hydrogen) atoms. The topological polar surface area (TPSA) is 46.6 Å². The van der Waals surface area contributed by atoms with E-state index in [1.54, 1.807) is 18.2 Å². The smallest absolute Gasteiger partial charge is 0.232 e. The summed E-state index contributed by atoms with van der Waals surface area (Å²) in [5.74, 6) is 0.629. The molecule has 0 bridgehead atoms. The second-order valence-electron chi connectivity index (χ2n) is 3.15. The van der Waals surface area contributed by atoms with E-state index in [0.717, 1.165) is 0 Å². The summed E-state index contributed by atoms with van der Waals surface area (Å²) >= 11 is 0. The molecule has 0 saturated heterocycles. The Bertz CT molecular complexity index is 441. The predicted octanol–water partition coefficient (Wildman–Crippen LogP) is 0.845. The Morgan fingerprint density at radius 2 is 2.07 bits per heavy atom. The first kappa shape index (κ1) is 9.33. The molecule has 0 N–H and O–H groups in total. The van der Waals surface area contributed by atoms with E-state index in [-0.39, 0.29) is 0 Å². The maximum atomic E-state index is 11.4. The molecule has 1 aromatic rings. The number of anilines is 1. The lowest BCUT2D eigenvalue weighted by Crippen LogP contribution is -2.37. The zero-order valence-electron chi connectivity index (χ0n) is 7.80. The molecule has 1 heterocycles. The van der Waals surface area contributed by atoms with Gasteiger partial charge >= 0.3 is 0 Å². The van der Waals surface area contributed by atoms with E-state index in [2.05, 4.69) is 0 Å². The van der Waals surface area contributed by atoms with Gasteiger partial charge in [-0.05, 0) is 12.1 Å². The monoisotopic (exact) mass is 213 g/mol. The molecule has 0 aliphatic carbocycles. The van der Waals surface area contributed by atoms with Gasteiger partial charge in [0.1, 0.15) is 12.4 Å². The summed E-state index contributed by atoms with van der Waals surface area (Å²) in [7, 11) is -3.19. The van der Waals surface area contributed by atoms with Crippen LogP contribution in [-0.4, -0.2) is 27.8 Å². The first-order valence-electron chi connectivity index (χ1n) is 4.28. The van der Waals surface area contributed by atoms with Gasteiger partial charge in [0.15, 0.2) is 0 Å². The molecule has 0 spiro atoms. The molecule has 0 unspecified atom stereocenters. The van der Waals surface area contributed by atoms with Crippen LogP contribution in [0.15, 0.2) is 24.3 Å². The van der Waals surface area contributed by atoms with Crippen molar-refractivity contribution in [3.05, 3.63) is 24.3 Å². The number of fused-ring (bicyclic) bond motifs is 1. The van der Waals surface area contributed by atoms with Gasteiger partial charge in [0, 0.05) is 0 Å². The molecular formula is C9H11NO3S. The van der Waals surface area contributed by atoms with Crippen LogP contribution in [0.5, 0.6) is 5.75 Å². The molecule has 0 saturated carbocycles. The lowest BCUT2D eigenvalue weighted by Gasteiger charge is -2.28. The molecule has 0 aromatic heterocycles. The standard InChI is InChI=1S/C9H11NO3S/c1-14(11,12)10-6-7-13-9-5-3-2-4-8(9)10/h2-5H,6-7H2,1H3. The summed E-state index contributed by atoms with van der Waals surface area (Å²) in [5.41, 5.74) is 0.626. The summed E-state index contributed by atoms with van der Waals surface area (Å²) in [4.78, 5) is 0. The van der Waals surface area contributed by atoms with Crippen LogP contribution in [0.25, 0.3) is 0 Å². The molecule has 0 radical (unpaired) electrons. The third-order valence-electron chi connectivity index (χ3n) is 2.09. The molecule has 0 amide bonds. The maximum absolute atomic E-state index is 11.4. The fraction of sp³-hybridized carbons (Fsp3) is 0.333. The van der Waals surface area contributed by atoms with Gasteiger partial charge in [0.2, 0.25) is 10.0 Å². The van der Waals surface area contributed by atoms with E-state index in [1.807, 2.05) is 6.07 Å². The Labute approximate surface area is 83.2 Å². The van der Waals surface area contributed by atoms with E-state index in [1.165, 1.54) is 10.6 Å². The Morgan fingerprint density at radius 3 is 2.79 bits per heavy atom. The summed E-state index contributed by atoms with van der Waals surface area (Å²) in [6, 6.07) is 7.14. The minimum Gasteiger partial charge on any atom is -0.489 e. The highest BCUT2D eigenvalue weighted by Crippen LogP contribution is 2.32. The number of rotatable bonds is 1. The molecule has 5 heteroatoms. The number of sulfonamides is 1. The lowest BCUT2D eigenvalue weighted by atomic mass is 10.2. The van der Waals surface area contributed by atoms with Crippen molar-refractivity contribution in [2.45, 2.75) is 0 Å². The van der Waals surface area contributed by atoms with Crippen molar-refractivity contribution in [3.8, 4) is 5.75 Å². The van der Waals surface area contributed by atoms with Crippen LogP contribution >= 0.6 is 0 Å². The van der Waals surface area contributed by atoms with Crippen LogP contribution < -0.4 is 9.04 Å². The third kappa shape index (κ3) is 1.55. The van der Waals surface area contributed by atoms with Crippen molar-refractivity contribution in [3.63, 3.8) is 0 Å². The molecule has 76 valence electrons. The lowest BCUT2D eigenvalue weighted by molar-refractivity contribution is 0.316. The maximum Gasteiger partial charge on any atom is 0.232 e. The van der Waals surface area contributed by atoms with Crippen molar-refractivity contribution in [2.75, 3.05) is 23.7 Å². The highest BCUT2D eigenvalue weighted by atomic mass is 32.2. The summed E-state index contributed by atoms with van der Waals surface area (Å²) in [5, 5.41) is 0. The summed E-state index contributed by atoms with van der Waals surface area (Å²) < 4.78 is 29.5. The van der Waals surface area contributed by atoms with Crippen molar-refractivity contribution < 1.29 is 13.2 Å². The number of benzene rings is 1. The van der Waals surface area contributed by atoms with Gasteiger partial charge in [-0.2, -0.15) is 0 Å². The highest BCUT2D eigenvalue weighted by molar-refractivity contribution is 7.92. The molecule has 1 aliphatic rings. The van der Waals surface area contributed by atoms with Crippen LogP contribution in [0.3, 0.4) is 0 Å². The number of para-hydroxylation sites is 2. The van der Waals surface area contributed by atoms with E-state index in [9.17, 15) is 8.42 Å². The second kappa shape index (κ2) is 3.16. The van der Waals surface area contributed by atoms with Gasteiger partial charge in [0.25, 0.3) is 0 Å². The second-order valence-corrected chi connectivity index (χ2v) is 5.06. The molecular weight excluding hydrogens is 202 g/mol. The average molecular weight is 213 g/mol. The minimum atomic E-state index is -3.19. The summed E-state index contributed by atoms with van der Waals surface area (Å²) in [6.45, 7) is 0.792. The van der Waals surface area contributed by atoms with Gasteiger partial charge in [-0.25, -0.2) is 8.42 Å². The highest BCUT2D eigenvalue weighted by Gasteiger charge is 2.24. The van der Waals surface area contributed by atoms with E-state index < -0.39 is 10.0 Å². The summed E-state index contributed by atoms with van der Waals surface area (Å²) in [6.07, 6.45) is 1.20. The minimum absolute atomic E-state index is 0.385. The number of nitrogens with zero attached hydrogens (tertiary/aromatic N) is 1. The predicted molar refractivity (Wildman–Crippen MR) is 54.1 cm³/mol. The van der Waals surface area contributed by atoms with Gasteiger partial charge in [-0.15, -0.1) is 0 Å². The number of hydrogen-bond acceptors (Lipinski definition) is 3. The van der Waals surface area contributed by atoms with E-state index in [0.29, 0.717) is 24.6 Å². The van der Waals surface area contributed by atoms with Crippen LogP contribution in [0, 0.1) is 0 Å². The zero-order valence-corrected chi connectivity index (χ0v) is 8.62. The molecule has 0 fully saturated rings. The fourth-order valence-electron chi connectivity index (χ4n) is 1.49. The van der Waals surface area contributed by atoms with Crippen molar-refractivity contribution in [1.82, 2.24) is 0 Å². The van der Waals surface area contributed by atoms with Gasteiger partial charge in [-0.1, -0.05) is 12.1 Å². The normalized spacial score (nSPS) is 15.9. The zero-order chi connectivity index (χ0) is 10.2. The molecule has 0 atom stereocenters. The Hall–Kier alpha value is -1.23. The van der Waals surface area contributed by atoms with Crippen LogP contribution in [0.2, 0.25) is 0 Å². The number of ether oxygens (including phenoxy) is 1. The average Bonchev–Trinajstić information content (AvgIpc) is 2.15. The van der Waals surface area contributed by atoms with Crippen LogP contribution in [-0.2, 0) is 10.0 Å². The molecule has 2 rings (SSSR count). The Balaban J connectivity index is 2.51. The van der Waals surface area contributed by atoms with E-state index in [4.69, 9.17) is 4.74 Å². The van der Waals surface area contributed by atoms with Crippen molar-refractivity contribution >= 4 is 15.7 Å². The van der Waals surface area contributed by atoms with Crippen LogP contribution in [0.4, 0.5) is 5.69 Å².